The largest absolute Gasteiger partial charge is 0.373 e. The molecule has 0 N–H and O–H groups in total. The van der Waals surface area contributed by atoms with E-state index >= 15 is 0 Å². The number of hydrogen-bond acceptors (Lipinski definition) is 1. The summed E-state index contributed by atoms with van der Waals surface area (Å²) in [6.07, 6.45) is 2.84. The molecule has 1 radical (unpaired) electrons. The second-order valence-electron chi connectivity index (χ2n) is 2.58. The van der Waals surface area contributed by atoms with Gasteiger partial charge in [-0.1, -0.05) is 20.3 Å². The zero-order valence-corrected chi connectivity index (χ0v) is 5.39. The zero-order valence-electron chi connectivity index (χ0n) is 5.39. The molecule has 0 aromatic heterocycles. The Hall–Kier alpha value is -0.0400. The predicted octanol–water partition coefficient (Wildman–Crippen LogP) is 1.64. The Bertz CT molecular complexity index is 66.8. The van der Waals surface area contributed by atoms with Gasteiger partial charge in [0, 0.05) is 0 Å². The van der Waals surface area contributed by atoms with E-state index in [1.807, 2.05) is 0 Å². The molecule has 0 aliphatic carbocycles. The standard InChI is InChI=1S/C7H13O/c1-3-6(2)4-7-5-8-7/h6-7H,1,3-5H2,2H3. The lowest BCUT2D eigenvalue weighted by Gasteiger charge is -2.02. The van der Waals surface area contributed by atoms with E-state index in [1.54, 1.807) is 0 Å². The molecule has 0 aromatic rings. The Morgan fingerprint density at radius 2 is 2.50 bits per heavy atom. The maximum Gasteiger partial charge on any atom is 0.0812 e. The molecule has 1 fully saturated rings. The van der Waals surface area contributed by atoms with Gasteiger partial charge in [0.2, 0.25) is 0 Å². The average Bonchev–Trinajstić information content (AvgIpc) is 2.50. The number of hydrogen-bond donors (Lipinski definition) is 0. The van der Waals surface area contributed by atoms with E-state index in [4.69, 9.17) is 4.74 Å². The van der Waals surface area contributed by atoms with Crippen LogP contribution >= 0.6 is 0 Å². The van der Waals surface area contributed by atoms with Crippen LogP contribution in [0.25, 0.3) is 0 Å². The minimum atomic E-state index is 0.590. The lowest BCUT2D eigenvalue weighted by molar-refractivity contribution is 0.362. The SMILES string of the molecule is [CH2]CC(C)CC1CO1. The number of epoxide rings is 1. The van der Waals surface area contributed by atoms with Gasteiger partial charge in [0.25, 0.3) is 0 Å². The van der Waals surface area contributed by atoms with Crippen molar-refractivity contribution in [2.75, 3.05) is 6.61 Å². The molecule has 2 atom stereocenters. The van der Waals surface area contributed by atoms with Crippen molar-refractivity contribution in [1.82, 2.24) is 0 Å². The molecule has 1 saturated heterocycles. The average molecular weight is 113 g/mol. The van der Waals surface area contributed by atoms with Crippen LogP contribution in [0, 0.1) is 12.8 Å². The third-order valence-corrected chi connectivity index (χ3v) is 1.56. The topological polar surface area (TPSA) is 12.5 Å². The van der Waals surface area contributed by atoms with Gasteiger partial charge in [-0.05, 0) is 12.3 Å². The summed E-state index contributed by atoms with van der Waals surface area (Å²) in [6, 6.07) is 0. The van der Waals surface area contributed by atoms with E-state index in [1.165, 1.54) is 6.42 Å². The number of ether oxygens (including phenoxy) is 1. The molecule has 0 aromatic carbocycles. The van der Waals surface area contributed by atoms with E-state index in [9.17, 15) is 0 Å². The van der Waals surface area contributed by atoms with Crippen LogP contribution in [0.2, 0.25) is 0 Å². The van der Waals surface area contributed by atoms with Crippen LogP contribution in [-0.2, 0) is 4.74 Å². The van der Waals surface area contributed by atoms with Gasteiger partial charge in [-0.25, -0.2) is 0 Å². The van der Waals surface area contributed by atoms with Crippen molar-refractivity contribution in [3.8, 4) is 0 Å². The van der Waals surface area contributed by atoms with E-state index in [2.05, 4.69) is 13.8 Å². The molecule has 1 heteroatoms. The predicted molar refractivity (Wildman–Crippen MR) is 33.5 cm³/mol. The van der Waals surface area contributed by atoms with Crippen molar-refractivity contribution < 1.29 is 4.74 Å². The maximum absolute atomic E-state index is 5.05. The maximum atomic E-state index is 5.05. The van der Waals surface area contributed by atoms with Gasteiger partial charge >= 0.3 is 0 Å². The highest BCUT2D eigenvalue weighted by molar-refractivity contribution is 4.72. The third kappa shape index (κ3) is 1.83. The molecule has 0 saturated carbocycles. The van der Waals surface area contributed by atoms with Gasteiger partial charge in [-0.2, -0.15) is 0 Å². The van der Waals surface area contributed by atoms with Crippen LogP contribution in [0.3, 0.4) is 0 Å². The molecule has 1 rings (SSSR count). The summed E-state index contributed by atoms with van der Waals surface area (Å²) >= 11 is 0. The van der Waals surface area contributed by atoms with Crippen LogP contribution in [-0.4, -0.2) is 12.7 Å². The van der Waals surface area contributed by atoms with Crippen LogP contribution in [0.4, 0.5) is 0 Å². The van der Waals surface area contributed by atoms with E-state index < -0.39 is 0 Å². The second kappa shape index (κ2) is 2.49. The van der Waals surface area contributed by atoms with Crippen molar-refractivity contribution in [2.24, 2.45) is 5.92 Å². The molecule has 1 aliphatic heterocycles. The molecule has 0 amide bonds. The molecular weight excluding hydrogens is 100 g/mol. The summed E-state index contributed by atoms with van der Waals surface area (Å²) in [4.78, 5) is 0. The van der Waals surface area contributed by atoms with Gasteiger partial charge in [-0.3, -0.25) is 0 Å². The van der Waals surface area contributed by atoms with Crippen molar-refractivity contribution in [1.29, 1.82) is 0 Å². The van der Waals surface area contributed by atoms with E-state index in [0.29, 0.717) is 6.10 Å². The lowest BCUT2D eigenvalue weighted by atomic mass is 10.0. The van der Waals surface area contributed by atoms with Gasteiger partial charge in [0.15, 0.2) is 0 Å². The van der Waals surface area contributed by atoms with Crippen molar-refractivity contribution in [3.63, 3.8) is 0 Å². The Kier molecular flexibility index (Phi) is 1.90. The quantitative estimate of drug-likeness (QED) is 0.507. The Balaban J connectivity index is 1.98. The second-order valence-corrected chi connectivity index (χ2v) is 2.58. The first-order chi connectivity index (χ1) is 3.83. The fraction of sp³-hybridized carbons (Fsp3) is 0.857. The van der Waals surface area contributed by atoms with Crippen LogP contribution in [0.15, 0.2) is 0 Å². The highest BCUT2D eigenvalue weighted by atomic mass is 16.6. The summed E-state index contributed by atoms with van der Waals surface area (Å²) in [5, 5.41) is 0. The fourth-order valence-electron chi connectivity index (χ4n) is 0.771. The minimum Gasteiger partial charge on any atom is -0.373 e. The first kappa shape index (κ1) is 6.09. The normalized spacial score (nSPS) is 30.0. The highest BCUT2D eigenvalue weighted by Gasteiger charge is 2.23. The summed E-state index contributed by atoms with van der Waals surface area (Å²) in [7, 11) is 0. The third-order valence-electron chi connectivity index (χ3n) is 1.56. The van der Waals surface area contributed by atoms with Crippen LogP contribution in [0.1, 0.15) is 19.8 Å². The molecular formula is C7H13O. The first-order valence-corrected chi connectivity index (χ1v) is 3.23. The summed E-state index contributed by atoms with van der Waals surface area (Å²) in [5.41, 5.74) is 0. The van der Waals surface area contributed by atoms with Gasteiger partial charge in [-0.15, -0.1) is 0 Å². The number of rotatable bonds is 3. The zero-order chi connectivity index (χ0) is 5.98. The molecule has 1 heterocycles. The lowest BCUT2D eigenvalue weighted by Crippen LogP contribution is -1.96. The van der Waals surface area contributed by atoms with Gasteiger partial charge < -0.3 is 4.74 Å². The molecule has 1 aliphatic rings. The molecule has 1 nitrogen and oxygen atoms in total. The Morgan fingerprint density at radius 3 is 2.88 bits per heavy atom. The summed E-state index contributed by atoms with van der Waals surface area (Å²) in [6.45, 7) is 7.02. The molecule has 0 bridgehead atoms. The van der Waals surface area contributed by atoms with Gasteiger partial charge in [0.1, 0.15) is 0 Å². The van der Waals surface area contributed by atoms with Crippen molar-refractivity contribution >= 4 is 0 Å². The van der Waals surface area contributed by atoms with E-state index in [-0.39, 0.29) is 0 Å². The first-order valence-electron chi connectivity index (χ1n) is 3.23. The van der Waals surface area contributed by atoms with Crippen LogP contribution < -0.4 is 0 Å². The summed E-state index contributed by atoms with van der Waals surface area (Å²) < 4.78 is 5.05. The summed E-state index contributed by atoms with van der Waals surface area (Å²) in [5.74, 6) is 0.752. The minimum absolute atomic E-state index is 0.590. The fourth-order valence-corrected chi connectivity index (χ4v) is 0.771. The van der Waals surface area contributed by atoms with Crippen LogP contribution in [0.5, 0.6) is 0 Å². The van der Waals surface area contributed by atoms with Gasteiger partial charge in [0.05, 0.1) is 12.7 Å². The van der Waals surface area contributed by atoms with Crippen molar-refractivity contribution in [3.05, 3.63) is 6.92 Å². The molecule has 0 spiro atoms. The molecule has 8 heavy (non-hydrogen) atoms. The molecule has 47 valence electrons. The smallest absolute Gasteiger partial charge is 0.0812 e. The van der Waals surface area contributed by atoms with E-state index in [0.717, 1.165) is 18.9 Å². The Morgan fingerprint density at radius 1 is 1.88 bits per heavy atom. The monoisotopic (exact) mass is 113 g/mol. The Labute approximate surface area is 51.0 Å². The molecule has 2 unspecified atom stereocenters. The van der Waals surface area contributed by atoms with Crippen molar-refractivity contribution in [2.45, 2.75) is 25.9 Å². The highest BCUT2D eigenvalue weighted by Crippen LogP contribution is 2.20.